The van der Waals surface area contributed by atoms with E-state index in [0.29, 0.717) is 12.8 Å². The van der Waals surface area contributed by atoms with Gasteiger partial charge in [0.2, 0.25) is 5.91 Å². The standard InChI is InChI=1S/C72H135NO18/c1-3-5-7-9-11-13-15-16-17-18-19-20-21-22-23-24-25-26-27-28-29-30-31-32-33-34-35-36-37-38-40-42-44-46-48-50-60(78)73-55(56(77)49-47-45-43-41-39-14-12-10-8-6-4-2)54-86-70-66(84)63(81)68(58(52-75)88-70)91-72-67(85)64(82)69(59(53-76)89-72)90-71-65(83)62(80)61(79)57(51-74)87-71/h15-16,18-19,55-59,61-72,74-77,79-85H,3-14,17,20-54H2,1-2H3,(H,73,78)/b16-15-,19-18-. The molecule has 3 rings (SSSR count). The van der Waals surface area contributed by atoms with E-state index in [1.54, 1.807) is 0 Å². The molecule has 17 unspecified atom stereocenters. The van der Waals surface area contributed by atoms with Gasteiger partial charge in [0.1, 0.15) is 73.2 Å². The van der Waals surface area contributed by atoms with Gasteiger partial charge in [-0.05, 0) is 44.9 Å². The van der Waals surface area contributed by atoms with Gasteiger partial charge >= 0.3 is 0 Å². The fraction of sp³-hybridized carbons (Fsp3) is 0.931. The van der Waals surface area contributed by atoms with Crippen molar-refractivity contribution in [2.45, 2.75) is 401 Å². The lowest BCUT2D eigenvalue weighted by atomic mass is 9.96. The van der Waals surface area contributed by atoms with Gasteiger partial charge < -0.3 is 89.9 Å². The number of amides is 1. The lowest BCUT2D eigenvalue weighted by Crippen LogP contribution is -2.66. The maximum Gasteiger partial charge on any atom is 0.220 e. The normalized spacial score (nSPS) is 27.9. The highest BCUT2D eigenvalue weighted by atomic mass is 16.8. The number of ether oxygens (including phenoxy) is 6. The quantitative estimate of drug-likeness (QED) is 0.0199. The summed E-state index contributed by atoms with van der Waals surface area (Å²) >= 11 is 0. The monoisotopic (exact) mass is 1300 g/mol. The Balaban J connectivity index is 1.30. The fourth-order valence-corrected chi connectivity index (χ4v) is 12.8. The highest BCUT2D eigenvalue weighted by Gasteiger charge is 2.53. The number of nitrogens with one attached hydrogen (secondary N) is 1. The Morgan fingerprint density at radius 2 is 0.725 bits per heavy atom. The minimum absolute atomic E-state index is 0.239. The topological polar surface area (TPSA) is 307 Å². The molecule has 1 amide bonds. The average Bonchev–Trinajstić information content (AvgIpc) is 1.05. The molecule has 0 bridgehead atoms. The predicted molar refractivity (Wildman–Crippen MR) is 356 cm³/mol. The number of carbonyl (C=O) groups is 1. The highest BCUT2D eigenvalue weighted by molar-refractivity contribution is 5.76. The van der Waals surface area contributed by atoms with Crippen LogP contribution in [0.1, 0.15) is 296 Å². The van der Waals surface area contributed by atoms with Gasteiger partial charge in [0.25, 0.3) is 0 Å². The molecule has 3 heterocycles. The summed E-state index contributed by atoms with van der Waals surface area (Å²) in [6.45, 7) is 1.79. The van der Waals surface area contributed by atoms with Crippen molar-refractivity contribution in [3.05, 3.63) is 24.3 Å². The van der Waals surface area contributed by atoms with Gasteiger partial charge in [-0.1, -0.05) is 269 Å². The largest absolute Gasteiger partial charge is 0.394 e. The van der Waals surface area contributed by atoms with Crippen LogP contribution in [0.5, 0.6) is 0 Å². The summed E-state index contributed by atoms with van der Waals surface area (Å²) in [4.78, 5) is 13.4. The van der Waals surface area contributed by atoms with Crippen molar-refractivity contribution >= 4 is 5.91 Å². The van der Waals surface area contributed by atoms with Crippen LogP contribution in [0.25, 0.3) is 0 Å². The second-order valence-corrected chi connectivity index (χ2v) is 26.8. The van der Waals surface area contributed by atoms with Crippen LogP contribution in [0.2, 0.25) is 0 Å². The summed E-state index contributed by atoms with van der Waals surface area (Å²) in [5.41, 5.74) is 0. The Kier molecular flexibility index (Phi) is 49.8. The molecule has 3 fully saturated rings. The molecule has 3 aliphatic heterocycles. The smallest absolute Gasteiger partial charge is 0.220 e. The SMILES string of the molecule is CCCCCCC/C=C\C/C=C\CCCCCCCCCCCCCCCCCCCCCCCCCC(=O)NC(COC1OC(CO)C(OC2OC(CO)C(OC3OC(CO)C(O)C(O)C3O)C(O)C2O)C(O)C1O)C(O)CCCCCCCCCCCCC. The summed E-state index contributed by atoms with van der Waals surface area (Å²) in [6, 6.07) is -0.883. The molecule has 19 nitrogen and oxygen atoms in total. The molecule has 0 aromatic rings. The number of aliphatic hydroxyl groups is 11. The van der Waals surface area contributed by atoms with Gasteiger partial charge in [-0.15, -0.1) is 0 Å². The molecule has 91 heavy (non-hydrogen) atoms. The molecule has 536 valence electrons. The Hall–Kier alpha value is -1.73. The van der Waals surface area contributed by atoms with Gasteiger partial charge in [0.05, 0.1) is 38.6 Å². The zero-order chi connectivity index (χ0) is 66.1. The molecule has 0 aliphatic carbocycles. The van der Waals surface area contributed by atoms with Crippen molar-refractivity contribution < 1.29 is 89.4 Å². The van der Waals surface area contributed by atoms with Crippen molar-refractivity contribution in [3.8, 4) is 0 Å². The predicted octanol–water partition coefficient (Wildman–Crippen LogP) is 10.6. The molecule has 0 radical (unpaired) electrons. The summed E-state index contributed by atoms with van der Waals surface area (Å²) in [6.07, 6.45) is 35.9. The zero-order valence-electron chi connectivity index (χ0n) is 56.8. The van der Waals surface area contributed by atoms with Crippen molar-refractivity contribution in [2.24, 2.45) is 0 Å². The minimum Gasteiger partial charge on any atom is -0.394 e. The van der Waals surface area contributed by atoms with E-state index >= 15 is 0 Å². The Morgan fingerprint density at radius 1 is 0.396 bits per heavy atom. The number of carbonyl (C=O) groups excluding carboxylic acids is 1. The van der Waals surface area contributed by atoms with E-state index in [9.17, 15) is 61.0 Å². The first-order chi connectivity index (χ1) is 44.3. The maximum atomic E-state index is 13.4. The number of rotatable bonds is 58. The summed E-state index contributed by atoms with van der Waals surface area (Å²) in [7, 11) is 0. The average molecular weight is 1300 g/mol. The van der Waals surface area contributed by atoms with Crippen LogP contribution in [0.4, 0.5) is 0 Å². The van der Waals surface area contributed by atoms with E-state index < -0.39 is 124 Å². The van der Waals surface area contributed by atoms with Gasteiger partial charge in [-0.25, -0.2) is 0 Å². The molecule has 19 heteroatoms. The molecule has 12 N–H and O–H groups in total. The second-order valence-electron chi connectivity index (χ2n) is 26.8. The lowest BCUT2D eigenvalue weighted by molar-refractivity contribution is -0.379. The van der Waals surface area contributed by atoms with Crippen molar-refractivity contribution in [3.63, 3.8) is 0 Å². The Labute approximate surface area is 549 Å². The van der Waals surface area contributed by atoms with Crippen LogP contribution in [0.3, 0.4) is 0 Å². The van der Waals surface area contributed by atoms with Crippen molar-refractivity contribution in [1.82, 2.24) is 5.32 Å². The number of unbranched alkanes of at least 4 members (excludes halogenated alkanes) is 38. The molecule has 0 saturated carbocycles. The third-order valence-corrected chi connectivity index (χ3v) is 18.8. The van der Waals surface area contributed by atoms with Gasteiger partial charge in [0, 0.05) is 6.42 Å². The van der Waals surface area contributed by atoms with Crippen LogP contribution in [0, 0.1) is 0 Å². The molecular weight excluding hydrogens is 1170 g/mol. The lowest BCUT2D eigenvalue weighted by Gasteiger charge is -2.48. The molecule has 0 aromatic carbocycles. The maximum absolute atomic E-state index is 13.4. The molecule has 3 saturated heterocycles. The first kappa shape index (κ1) is 83.5. The zero-order valence-corrected chi connectivity index (χ0v) is 56.8. The molecule has 17 atom stereocenters. The van der Waals surface area contributed by atoms with Gasteiger partial charge in [-0.3, -0.25) is 4.79 Å². The summed E-state index contributed by atoms with van der Waals surface area (Å²) in [5, 5.41) is 121. The van der Waals surface area contributed by atoms with Crippen molar-refractivity contribution in [1.29, 1.82) is 0 Å². The van der Waals surface area contributed by atoms with E-state index in [1.165, 1.54) is 212 Å². The van der Waals surface area contributed by atoms with Crippen LogP contribution in [0.15, 0.2) is 24.3 Å². The molecular formula is C72H135NO18. The molecule has 0 spiro atoms. The number of hydrogen-bond acceptors (Lipinski definition) is 18. The molecule has 3 aliphatic rings. The highest BCUT2D eigenvalue weighted by Crippen LogP contribution is 2.33. The molecule has 0 aromatic heterocycles. The first-order valence-corrected chi connectivity index (χ1v) is 37.1. The van der Waals surface area contributed by atoms with Crippen molar-refractivity contribution in [2.75, 3.05) is 26.4 Å². The van der Waals surface area contributed by atoms with E-state index in [0.717, 1.165) is 51.4 Å². The van der Waals surface area contributed by atoms with Crippen LogP contribution < -0.4 is 5.32 Å². The van der Waals surface area contributed by atoms with Gasteiger partial charge in [0.15, 0.2) is 18.9 Å². The van der Waals surface area contributed by atoms with Crippen LogP contribution in [-0.4, -0.2) is 193 Å². The number of aliphatic hydroxyl groups excluding tert-OH is 11. The van der Waals surface area contributed by atoms with E-state index in [4.69, 9.17) is 28.4 Å². The van der Waals surface area contributed by atoms with E-state index in [1.807, 2.05) is 0 Å². The number of allylic oxidation sites excluding steroid dienone is 4. The second kappa shape index (κ2) is 54.3. The van der Waals surface area contributed by atoms with E-state index in [-0.39, 0.29) is 18.9 Å². The Bertz CT molecular complexity index is 1750. The van der Waals surface area contributed by atoms with Crippen LogP contribution in [-0.2, 0) is 33.2 Å². The van der Waals surface area contributed by atoms with E-state index in [2.05, 4.69) is 43.5 Å². The summed E-state index contributed by atoms with van der Waals surface area (Å²) < 4.78 is 34.4. The first-order valence-electron chi connectivity index (χ1n) is 37.1. The summed E-state index contributed by atoms with van der Waals surface area (Å²) in [5.74, 6) is -0.239. The third-order valence-electron chi connectivity index (χ3n) is 18.8. The fourth-order valence-electron chi connectivity index (χ4n) is 12.8. The Morgan fingerprint density at radius 3 is 1.12 bits per heavy atom. The third kappa shape index (κ3) is 35.9. The van der Waals surface area contributed by atoms with Gasteiger partial charge in [-0.2, -0.15) is 0 Å². The number of hydrogen-bond donors (Lipinski definition) is 12. The van der Waals surface area contributed by atoms with Crippen LogP contribution >= 0.6 is 0 Å². The minimum atomic E-state index is -1.97.